The van der Waals surface area contributed by atoms with Crippen LogP contribution in [0.5, 0.6) is 0 Å². The zero-order valence-electron chi connectivity index (χ0n) is 10.6. The molecular formula is C13H13BrN4O. The van der Waals surface area contributed by atoms with E-state index in [4.69, 9.17) is 0 Å². The van der Waals surface area contributed by atoms with Crippen molar-refractivity contribution in [1.29, 1.82) is 0 Å². The summed E-state index contributed by atoms with van der Waals surface area (Å²) in [4.78, 5) is 20.4. The van der Waals surface area contributed by atoms with Crippen molar-refractivity contribution in [2.75, 3.05) is 17.7 Å². The molecule has 2 aromatic heterocycles. The number of amides is 1. The standard InChI is InChI=1S/C13H13BrN4O/c1-8-5-9(6-12(15-2)17-8)13(19)18-11-4-3-10(14)7-16-11/h3-7H,1-2H3,(H,15,17)(H,16,18,19). The first-order valence-corrected chi connectivity index (χ1v) is 6.47. The first-order chi connectivity index (χ1) is 9.08. The third kappa shape index (κ3) is 3.51. The Morgan fingerprint density at radius 3 is 2.68 bits per heavy atom. The molecule has 2 aromatic rings. The zero-order chi connectivity index (χ0) is 13.8. The lowest BCUT2D eigenvalue weighted by Crippen LogP contribution is -2.14. The Morgan fingerprint density at radius 2 is 2.05 bits per heavy atom. The number of carbonyl (C=O) groups excluding carboxylic acids is 1. The van der Waals surface area contributed by atoms with Crippen LogP contribution in [0.3, 0.4) is 0 Å². The molecule has 1 amide bonds. The first-order valence-electron chi connectivity index (χ1n) is 5.68. The number of rotatable bonds is 3. The SMILES string of the molecule is CNc1cc(C(=O)Nc2ccc(Br)cn2)cc(C)n1. The monoisotopic (exact) mass is 320 g/mol. The van der Waals surface area contributed by atoms with E-state index in [1.54, 1.807) is 31.4 Å². The Morgan fingerprint density at radius 1 is 1.26 bits per heavy atom. The number of hydrogen-bond donors (Lipinski definition) is 2. The van der Waals surface area contributed by atoms with Gasteiger partial charge in [-0.05, 0) is 47.1 Å². The summed E-state index contributed by atoms with van der Waals surface area (Å²) in [6, 6.07) is 6.98. The van der Waals surface area contributed by atoms with Crippen molar-refractivity contribution >= 4 is 33.5 Å². The van der Waals surface area contributed by atoms with E-state index in [0.717, 1.165) is 10.2 Å². The lowest BCUT2D eigenvalue weighted by Gasteiger charge is -2.07. The summed E-state index contributed by atoms with van der Waals surface area (Å²) in [5.74, 6) is 0.958. The van der Waals surface area contributed by atoms with Gasteiger partial charge in [0.05, 0.1) is 0 Å². The molecule has 0 aliphatic heterocycles. The molecule has 0 saturated heterocycles. The highest BCUT2D eigenvalue weighted by atomic mass is 79.9. The summed E-state index contributed by atoms with van der Waals surface area (Å²) < 4.78 is 0.864. The third-order valence-corrected chi connectivity index (χ3v) is 2.91. The maximum absolute atomic E-state index is 12.1. The average molecular weight is 321 g/mol. The normalized spacial score (nSPS) is 10.1. The van der Waals surface area contributed by atoms with Crippen LogP contribution in [0, 0.1) is 6.92 Å². The molecule has 0 unspecified atom stereocenters. The van der Waals surface area contributed by atoms with Crippen LogP contribution in [0.1, 0.15) is 16.1 Å². The van der Waals surface area contributed by atoms with E-state index in [1.165, 1.54) is 0 Å². The van der Waals surface area contributed by atoms with Crippen molar-refractivity contribution in [3.8, 4) is 0 Å². The summed E-state index contributed by atoms with van der Waals surface area (Å²) in [7, 11) is 1.76. The van der Waals surface area contributed by atoms with Crippen molar-refractivity contribution < 1.29 is 4.79 Å². The van der Waals surface area contributed by atoms with Gasteiger partial charge in [-0.2, -0.15) is 0 Å². The number of aryl methyl sites for hydroxylation is 1. The smallest absolute Gasteiger partial charge is 0.257 e. The van der Waals surface area contributed by atoms with Crippen molar-refractivity contribution in [2.45, 2.75) is 6.92 Å². The number of pyridine rings is 2. The van der Waals surface area contributed by atoms with Gasteiger partial charge in [-0.3, -0.25) is 4.79 Å². The molecule has 5 nitrogen and oxygen atoms in total. The molecule has 98 valence electrons. The van der Waals surface area contributed by atoms with Crippen LogP contribution < -0.4 is 10.6 Å². The number of nitrogens with zero attached hydrogens (tertiary/aromatic N) is 2. The van der Waals surface area contributed by atoms with Gasteiger partial charge < -0.3 is 10.6 Å². The van der Waals surface area contributed by atoms with E-state index in [0.29, 0.717) is 17.2 Å². The molecule has 0 aromatic carbocycles. The van der Waals surface area contributed by atoms with Crippen molar-refractivity contribution in [2.24, 2.45) is 0 Å². The quantitative estimate of drug-likeness (QED) is 0.912. The molecule has 0 atom stereocenters. The highest BCUT2D eigenvalue weighted by Crippen LogP contribution is 2.14. The Hall–Kier alpha value is -1.95. The number of carbonyl (C=O) groups is 1. The van der Waals surface area contributed by atoms with Crippen LogP contribution >= 0.6 is 15.9 Å². The van der Waals surface area contributed by atoms with Gasteiger partial charge in [-0.25, -0.2) is 9.97 Å². The fourth-order valence-electron chi connectivity index (χ4n) is 1.57. The Bertz CT molecular complexity index is 598. The van der Waals surface area contributed by atoms with E-state index in [9.17, 15) is 4.79 Å². The lowest BCUT2D eigenvalue weighted by molar-refractivity contribution is 0.102. The van der Waals surface area contributed by atoms with Crippen LogP contribution in [-0.2, 0) is 0 Å². The maximum atomic E-state index is 12.1. The molecule has 0 saturated carbocycles. The fraction of sp³-hybridized carbons (Fsp3) is 0.154. The minimum atomic E-state index is -0.211. The third-order valence-electron chi connectivity index (χ3n) is 2.44. The number of anilines is 2. The topological polar surface area (TPSA) is 66.9 Å². The van der Waals surface area contributed by atoms with Gasteiger partial charge in [0.1, 0.15) is 11.6 Å². The minimum absolute atomic E-state index is 0.211. The summed E-state index contributed by atoms with van der Waals surface area (Å²) in [6.07, 6.45) is 1.63. The fourth-order valence-corrected chi connectivity index (χ4v) is 1.80. The molecule has 2 rings (SSSR count). The van der Waals surface area contributed by atoms with Gasteiger partial charge in [0.2, 0.25) is 0 Å². The number of halogens is 1. The van der Waals surface area contributed by atoms with Crippen LogP contribution in [0.25, 0.3) is 0 Å². The Balaban J connectivity index is 2.20. The molecule has 0 aliphatic carbocycles. The molecule has 0 spiro atoms. The molecular weight excluding hydrogens is 308 g/mol. The number of nitrogens with one attached hydrogen (secondary N) is 2. The van der Waals surface area contributed by atoms with Crippen LogP contribution in [0.4, 0.5) is 11.6 Å². The van der Waals surface area contributed by atoms with E-state index < -0.39 is 0 Å². The molecule has 0 radical (unpaired) electrons. The largest absolute Gasteiger partial charge is 0.373 e. The average Bonchev–Trinajstić information content (AvgIpc) is 2.40. The van der Waals surface area contributed by atoms with Gasteiger partial charge in [0.15, 0.2) is 0 Å². The number of aromatic nitrogens is 2. The first kappa shape index (κ1) is 13.5. The Labute approximate surface area is 119 Å². The van der Waals surface area contributed by atoms with Crippen LogP contribution in [-0.4, -0.2) is 22.9 Å². The van der Waals surface area contributed by atoms with Gasteiger partial charge in [0, 0.05) is 29.0 Å². The lowest BCUT2D eigenvalue weighted by atomic mass is 10.2. The van der Waals surface area contributed by atoms with Gasteiger partial charge in [0.25, 0.3) is 5.91 Å². The van der Waals surface area contributed by atoms with Gasteiger partial charge in [-0.15, -0.1) is 0 Å². The van der Waals surface area contributed by atoms with E-state index >= 15 is 0 Å². The van der Waals surface area contributed by atoms with Crippen molar-refractivity contribution in [3.05, 3.63) is 46.2 Å². The summed E-state index contributed by atoms with van der Waals surface area (Å²) in [6.45, 7) is 1.84. The summed E-state index contributed by atoms with van der Waals surface area (Å²) >= 11 is 3.29. The molecule has 19 heavy (non-hydrogen) atoms. The van der Waals surface area contributed by atoms with Crippen LogP contribution in [0.15, 0.2) is 34.9 Å². The maximum Gasteiger partial charge on any atom is 0.257 e. The zero-order valence-corrected chi connectivity index (χ0v) is 12.2. The molecule has 0 bridgehead atoms. The molecule has 0 aliphatic rings. The van der Waals surface area contributed by atoms with E-state index in [1.807, 2.05) is 13.0 Å². The Kier molecular flexibility index (Phi) is 4.11. The molecule has 0 fully saturated rings. The summed E-state index contributed by atoms with van der Waals surface area (Å²) in [5, 5.41) is 5.66. The second-order valence-corrected chi connectivity index (χ2v) is 4.86. The molecule has 2 N–H and O–H groups in total. The van der Waals surface area contributed by atoms with Gasteiger partial charge >= 0.3 is 0 Å². The predicted octanol–water partition coefficient (Wildman–Crippen LogP) is 2.84. The summed E-state index contributed by atoms with van der Waals surface area (Å²) in [5.41, 5.74) is 1.32. The predicted molar refractivity (Wildman–Crippen MR) is 78.4 cm³/mol. The minimum Gasteiger partial charge on any atom is -0.373 e. The van der Waals surface area contributed by atoms with Crippen molar-refractivity contribution in [3.63, 3.8) is 0 Å². The van der Waals surface area contributed by atoms with E-state index in [2.05, 4.69) is 36.5 Å². The van der Waals surface area contributed by atoms with Crippen molar-refractivity contribution in [1.82, 2.24) is 9.97 Å². The second kappa shape index (κ2) is 5.79. The van der Waals surface area contributed by atoms with E-state index in [-0.39, 0.29) is 5.91 Å². The highest BCUT2D eigenvalue weighted by Gasteiger charge is 2.09. The molecule has 2 heterocycles. The highest BCUT2D eigenvalue weighted by molar-refractivity contribution is 9.10. The molecule has 6 heteroatoms. The second-order valence-electron chi connectivity index (χ2n) is 3.95. The van der Waals surface area contributed by atoms with Crippen LogP contribution in [0.2, 0.25) is 0 Å². The van der Waals surface area contributed by atoms with Gasteiger partial charge in [-0.1, -0.05) is 0 Å². The number of hydrogen-bond acceptors (Lipinski definition) is 4.